The van der Waals surface area contributed by atoms with Crippen LogP contribution in [0.1, 0.15) is 13.3 Å². The third-order valence-electron chi connectivity index (χ3n) is 3.76. The Bertz CT molecular complexity index is 427. The van der Waals surface area contributed by atoms with E-state index in [0.717, 1.165) is 5.69 Å². The van der Waals surface area contributed by atoms with Gasteiger partial charge in [0.1, 0.15) is 24.4 Å². The average molecular weight is 297 g/mol. The lowest BCUT2D eigenvalue weighted by Gasteiger charge is -2.41. The van der Waals surface area contributed by atoms with Crippen LogP contribution in [0.2, 0.25) is 0 Å². The van der Waals surface area contributed by atoms with Gasteiger partial charge in [0, 0.05) is 11.7 Å². The number of aliphatic hydroxyl groups is 4. The van der Waals surface area contributed by atoms with Crippen molar-refractivity contribution in [3.8, 4) is 0 Å². The monoisotopic (exact) mass is 297 g/mol. The molecule has 1 aromatic rings. The van der Waals surface area contributed by atoms with E-state index in [1.165, 1.54) is 0 Å². The smallest absolute Gasteiger partial charge is 0.111 e. The Labute approximate surface area is 124 Å². The maximum Gasteiger partial charge on any atom is 0.111 e. The molecule has 1 aromatic carbocycles. The molecule has 1 saturated heterocycles. The molecule has 6 nitrogen and oxygen atoms in total. The topological polar surface area (TPSA) is 102 Å². The Morgan fingerprint density at radius 2 is 1.67 bits per heavy atom. The Morgan fingerprint density at radius 1 is 1.05 bits per heavy atom. The maximum atomic E-state index is 9.99. The molecule has 0 radical (unpaired) electrons. The van der Waals surface area contributed by atoms with E-state index in [1.54, 1.807) is 0 Å². The molecule has 1 aliphatic rings. The number of rotatable bonds is 5. The van der Waals surface area contributed by atoms with Gasteiger partial charge in [-0.1, -0.05) is 18.2 Å². The van der Waals surface area contributed by atoms with Crippen molar-refractivity contribution in [1.82, 2.24) is 0 Å². The van der Waals surface area contributed by atoms with Gasteiger partial charge in [0.15, 0.2) is 0 Å². The number of hydrogen-bond acceptors (Lipinski definition) is 6. The summed E-state index contributed by atoms with van der Waals surface area (Å²) in [5.74, 6) is 0. The lowest BCUT2D eigenvalue weighted by atomic mass is 9.92. The van der Waals surface area contributed by atoms with Gasteiger partial charge in [0.2, 0.25) is 0 Å². The lowest BCUT2D eigenvalue weighted by molar-refractivity contribution is -0.230. The van der Waals surface area contributed by atoms with Gasteiger partial charge in [-0.05, 0) is 25.5 Å². The van der Waals surface area contributed by atoms with Gasteiger partial charge in [-0.2, -0.15) is 0 Å². The SMILES string of the molecule is CC(C[C@H]1O[C@H](CO)[C@@H](O)[C@H](O)[C@H]1O)Nc1ccccc1. The fourth-order valence-electron chi connectivity index (χ4n) is 2.60. The van der Waals surface area contributed by atoms with Crippen molar-refractivity contribution in [2.75, 3.05) is 11.9 Å². The summed E-state index contributed by atoms with van der Waals surface area (Å²) in [5.41, 5.74) is 0.953. The van der Waals surface area contributed by atoms with Crippen molar-refractivity contribution in [1.29, 1.82) is 0 Å². The normalized spacial score (nSPS) is 34.4. The molecule has 0 aliphatic carbocycles. The molecule has 1 heterocycles. The highest BCUT2D eigenvalue weighted by molar-refractivity contribution is 5.43. The zero-order valence-electron chi connectivity index (χ0n) is 12.0. The lowest BCUT2D eigenvalue weighted by Crippen LogP contribution is -2.59. The summed E-state index contributed by atoms with van der Waals surface area (Å²) < 4.78 is 5.49. The molecule has 5 N–H and O–H groups in total. The van der Waals surface area contributed by atoms with Crippen LogP contribution in [0.3, 0.4) is 0 Å². The van der Waals surface area contributed by atoms with Crippen LogP contribution >= 0.6 is 0 Å². The van der Waals surface area contributed by atoms with Crippen LogP contribution in [0.4, 0.5) is 5.69 Å². The molecule has 0 bridgehead atoms. The zero-order valence-corrected chi connectivity index (χ0v) is 12.0. The molecule has 0 spiro atoms. The number of benzene rings is 1. The van der Waals surface area contributed by atoms with Crippen LogP contribution < -0.4 is 5.32 Å². The minimum Gasteiger partial charge on any atom is -0.394 e. The van der Waals surface area contributed by atoms with Crippen LogP contribution in [0.25, 0.3) is 0 Å². The van der Waals surface area contributed by atoms with Crippen molar-refractivity contribution in [3.05, 3.63) is 30.3 Å². The number of hydrogen-bond donors (Lipinski definition) is 5. The van der Waals surface area contributed by atoms with Gasteiger partial charge < -0.3 is 30.5 Å². The molecular weight excluding hydrogens is 274 g/mol. The Balaban J connectivity index is 1.94. The molecule has 1 fully saturated rings. The van der Waals surface area contributed by atoms with E-state index in [2.05, 4.69) is 5.32 Å². The quantitative estimate of drug-likeness (QED) is 0.512. The van der Waals surface area contributed by atoms with E-state index in [-0.39, 0.29) is 6.04 Å². The van der Waals surface area contributed by atoms with Gasteiger partial charge >= 0.3 is 0 Å². The number of aliphatic hydroxyl groups excluding tert-OH is 4. The van der Waals surface area contributed by atoms with E-state index < -0.39 is 37.1 Å². The second-order valence-electron chi connectivity index (χ2n) is 5.51. The van der Waals surface area contributed by atoms with Crippen LogP contribution in [-0.2, 0) is 4.74 Å². The third kappa shape index (κ3) is 3.93. The fraction of sp³-hybridized carbons (Fsp3) is 0.600. The summed E-state index contributed by atoms with van der Waals surface area (Å²) in [7, 11) is 0. The first kappa shape index (κ1) is 16.2. The maximum absolute atomic E-state index is 9.99. The molecule has 0 amide bonds. The predicted molar refractivity (Wildman–Crippen MR) is 77.9 cm³/mol. The minimum absolute atomic E-state index is 0.00571. The molecule has 2 rings (SSSR count). The summed E-state index contributed by atoms with van der Waals surface area (Å²) in [6.45, 7) is 1.54. The number of nitrogens with one attached hydrogen (secondary N) is 1. The van der Waals surface area contributed by atoms with Gasteiger partial charge in [0.25, 0.3) is 0 Å². The highest BCUT2D eigenvalue weighted by atomic mass is 16.5. The highest BCUT2D eigenvalue weighted by Gasteiger charge is 2.43. The summed E-state index contributed by atoms with van der Waals surface area (Å²) in [5, 5.41) is 41.9. The van der Waals surface area contributed by atoms with Crippen molar-refractivity contribution in [2.24, 2.45) is 0 Å². The van der Waals surface area contributed by atoms with Crippen LogP contribution in [-0.4, -0.2) is 63.6 Å². The van der Waals surface area contributed by atoms with E-state index in [0.29, 0.717) is 6.42 Å². The first-order valence-corrected chi connectivity index (χ1v) is 7.15. The first-order valence-electron chi connectivity index (χ1n) is 7.15. The molecule has 0 saturated carbocycles. The summed E-state index contributed by atoms with van der Waals surface area (Å²) >= 11 is 0. The van der Waals surface area contributed by atoms with E-state index in [4.69, 9.17) is 9.84 Å². The van der Waals surface area contributed by atoms with E-state index in [1.807, 2.05) is 37.3 Å². The van der Waals surface area contributed by atoms with Crippen LogP contribution in [0, 0.1) is 0 Å². The molecule has 0 aromatic heterocycles. The fourth-order valence-corrected chi connectivity index (χ4v) is 2.60. The second kappa shape index (κ2) is 7.20. The standard InChI is InChI=1S/C15H23NO5/c1-9(16-10-5-3-2-4-6-10)7-11-13(18)15(20)14(19)12(8-17)21-11/h2-6,9,11-20H,7-8H2,1H3/t9?,11-,12-,13+,14-,15-/m1/s1. The van der Waals surface area contributed by atoms with Gasteiger partial charge in [0.05, 0.1) is 12.7 Å². The summed E-state index contributed by atoms with van der Waals surface area (Å²) in [6, 6.07) is 9.63. The van der Waals surface area contributed by atoms with Gasteiger partial charge in [-0.15, -0.1) is 0 Å². The van der Waals surface area contributed by atoms with Crippen molar-refractivity contribution < 1.29 is 25.2 Å². The number of ether oxygens (including phenoxy) is 1. The van der Waals surface area contributed by atoms with E-state index in [9.17, 15) is 15.3 Å². The van der Waals surface area contributed by atoms with Crippen molar-refractivity contribution in [3.63, 3.8) is 0 Å². The Morgan fingerprint density at radius 3 is 2.29 bits per heavy atom. The molecule has 21 heavy (non-hydrogen) atoms. The average Bonchev–Trinajstić information content (AvgIpc) is 2.49. The van der Waals surface area contributed by atoms with Crippen LogP contribution in [0.15, 0.2) is 30.3 Å². The highest BCUT2D eigenvalue weighted by Crippen LogP contribution is 2.24. The molecule has 118 valence electrons. The minimum atomic E-state index is -1.31. The molecule has 6 heteroatoms. The molecule has 1 unspecified atom stereocenters. The van der Waals surface area contributed by atoms with Crippen LogP contribution in [0.5, 0.6) is 0 Å². The first-order chi connectivity index (χ1) is 10.0. The van der Waals surface area contributed by atoms with Gasteiger partial charge in [-0.3, -0.25) is 0 Å². The number of para-hydroxylation sites is 1. The molecule has 1 aliphatic heterocycles. The zero-order chi connectivity index (χ0) is 15.4. The summed E-state index contributed by atoms with van der Waals surface area (Å²) in [4.78, 5) is 0. The van der Waals surface area contributed by atoms with Crippen molar-refractivity contribution in [2.45, 2.75) is 49.9 Å². The summed E-state index contributed by atoms with van der Waals surface area (Å²) in [6.07, 6.45) is -4.86. The van der Waals surface area contributed by atoms with Gasteiger partial charge in [-0.25, -0.2) is 0 Å². The third-order valence-corrected chi connectivity index (χ3v) is 3.76. The largest absolute Gasteiger partial charge is 0.394 e. The van der Waals surface area contributed by atoms with E-state index >= 15 is 0 Å². The molecular formula is C15H23NO5. The predicted octanol–water partition coefficient (Wildman–Crippen LogP) is -0.281. The molecule has 6 atom stereocenters. The Hall–Kier alpha value is -1.18. The van der Waals surface area contributed by atoms with Crippen molar-refractivity contribution >= 4 is 5.69 Å². The number of anilines is 1. The second-order valence-corrected chi connectivity index (χ2v) is 5.51. The Kier molecular flexibility index (Phi) is 5.55.